The number of rotatable bonds is 6. The molecule has 0 bridgehead atoms. The minimum Gasteiger partial charge on any atom is -0.321 e. The summed E-state index contributed by atoms with van der Waals surface area (Å²) in [5.74, 6) is -0.966. The minimum absolute atomic E-state index is 0.0257. The number of sulfonamides is 1. The molecule has 0 aliphatic rings. The molecular weight excluding hydrogens is 441 g/mol. The molecule has 1 amide bonds. The van der Waals surface area contributed by atoms with Gasteiger partial charge in [0.2, 0.25) is 0 Å². The summed E-state index contributed by atoms with van der Waals surface area (Å²) in [5, 5.41) is 9.07. The number of halogens is 1. The number of thiazole rings is 1. The van der Waals surface area contributed by atoms with Gasteiger partial charge in [0.1, 0.15) is 16.5 Å². The van der Waals surface area contributed by atoms with E-state index in [-0.39, 0.29) is 16.3 Å². The zero-order valence-corrected chi connectivity index (χ0v) is 17.7. The highest BCUT2D eigenvalue weighted by atomic mass is 32.2. The molecule has 4 rings (SSSR count). The number of benzene rings is 2. The van der Waals surface area contributed by atoms with Gasteiger partial charge in [-0.3, -0.25) is 14.2 Å². The van der Waals surface area contributed by atoms with Crippen molar-refractivity contribution in [2.75, 3.05) is 10.0 Å². The Hall–Kier alpha value is -3.57. The predicted octanol–water partition coefficient (Wildman–Crippen LogP) is 3.74. The van der Waals surface area contributed by atoms with Crippen LogP contribution < -0.4 is 10.0 Å². The lowest BCUT2D eigenvalue weighted by Crippen LogP contribution is -2.14. The van der Waals surface area contributed by atoms with Crippen LogP contribution in [0.3, 0.4) is 0 Å². The van der Waals surface area contributed by atoms with Gasteiger partial charge in [-0.1, -0.05) is 6.07 Å². The van der Waals surface area contributed by atoms with E-state index in [2.05, 4.69) is 20.1 Å². The van der Waals surface area contributed by atoms with E-state index in [1.165, 1.54) is 53.8 Å². The number of aryl methyl sites for hydroxylation is 1. The van der Waals surface area contributed by atoms with Gasteiger partial charge in [-0.25, -0.2) is 17.8 Å². The van der Waals surface area contributed by atoms with Crippen LogP contribution in [-0.4, -0.2) is 29.1 Å². The summed E-state index contributed by atoms with van der Waals surface area (Å²) >= 11 is 1.32. The fourth-order valence-corrected chi connectivity index (χ4v) is 4.55. The smallest absolute Gasteiger partial charge is 0.275 e. The van der Waals surface area contributed by atoms with E-state index in [1.807, 2.05) is 0 Å². The zero-order valence-electron chi connectivity index (χ0n) is 16.1. The Balaban J connectivity index is 1.44. The average Bonchev–Trinajstić information content (AvgIpc) is 3.37. The maximum atomic E-state index is 13.3. The first kappa shape index (κ1) is 20.7. The van der Waals surface area contributed by atoms with Crippen LogP contribution in [0.25, 0.3) is 10.6 Å². The summed E-state index contributed by atoms with van der Waals surface area (Å²) in [6.07, 6.45) is 3.47. The van der Waals surface area contributed by atoms with Crippen molar-refractivity contribution >= 4 is 38.6 Å². The van der Waals surface area contributed by atoms with E-state index in [4.69, 9.17) is 0 Å². The standard InChI is InChI=1S/C20H16FN5O3S2/c1-26-11-13(10-22-26)20-24-18(12-30-20)19(27)23-15-5-7-17(8-6-15)31(28,29)25-16-4-2-3-14(21)9-16/h2-12,25H,1H3,(H,23,27). The van der Waals surface area contributed by atoms with Gasteiger partial charge in [0.25, 0.3) is 15.9 Å². The fourth-order valence-electron chi connectivity index (χ4n) is 2.72. The van der Waals surface area contributed by atoms with Crippen molar-refractivity contribution in [3.8, 4) is 10.6 Å². The highest BCUT2D eigenvalue weighted by Crippen LogP contribution is 2.24. The summed E-state index contributed by atoms with van der Waals surface area (Å²) < 4.78 is 42.2. The minimum atomic E-state index is -3.90. The van der Waals surface area contributed by atoms with Crippen molar-refractivity contribution in [3.63, 3.8) is 0 Å². The number of amides is 1. The third-order valence-electron chi connectivity index (χ3n) is 4.19. The number of carbonyl (C=O) groups is 1. The molecule has 0 aliphatic heterocycles. The number of anilines is 2. The summed E-state index contributed by atoms with van der Waals surface area (Å²) in [7, 11) is -2.11. The first-order valence-corrected chi connectivity index (χ1v) is 11.3. The number of carbonyl (C=O) groups excluding carboxylic acids is 1. The molecule has 2 N–H and O–H groups in total. The molecule has 158 valence electrons. The van der Waals surface area contributed by atoms with Gasteiger partial charge in [-0.05, 0) is 42.5 Å². The molecule has 0 unspecified atom stereocenters. The SMILES string of the molecule is Cn1cc(-c2nc(C(=O)Nc3ccc(S(=O)(=O)Nc4cccc(F)c4)cc3)cs2)cn1. The van der Waals surface area contributed by atoms with Crippen molar-refractivity contribution < 1.29 is 17.6 Å². The molecule has 31 heavy (non-hydrogen) atoms. The number of nitrogens with zero attached hydrogens (tertiary/aromatic N) is 3. The van der Waals surface area contributed by atoms with Crippen molar-refractivity contribution in [1.29, 1.82) is 0 Å². The molecule has 2 aromatic carbocycles. The monoisotopic (exact) mass is 457 g/mol. The Labute approximate surface area is 181 Å². The van der Waals surface area contributed by atoms with E-state index in [0.29, 0.717) is 10.7 Å². The molecule has 0 saturated carbocycles. The average molecular weight is 458 g/mol. The Morgan fingerprint density at radius 2 is 1.90 bits per heavy atom. The molecule has 0 aliphatic carbocycles. The van der Waals surface area contributed by atoms with Gasteiger partial charge in [0.15, 0.2) is 0 Å². The molecule has 11 heteroatoms. The van der Waals surface area contributed by atoms with Crippen molar-refractivity contribution in [2.45, 2.75) is 4.90 Å². The lowest BCUT2D eigenvalue weighted by Gasteiger charge is -2.09. The topological polar surface area (TPSA) is 106 Å². The van der Waals surface area contributed by atoms with Crippen LogP contribution in [0, 0.1) is 5.82 Å². The Bertz CT molecular complexity index is 1350. The third kappa shape index (κ3) is 4.78. The summed E-state index contributed by atoms with van der Waals surface area (Å²) in [6.45, 7) is 0. The summed E-state index contributed by atoms with van der Waals surface area (Å²) in [6, 6.07) is 10.8. The van der Waals surface area contributed by atoms with Crippen molar-refractivity contribution in [1.82, 2.24) is 14.8 Å². The van der Waals surface area contributed by atoms with Crippen LogP contribution >= 0.6 is 11.3 Å². The van der Waals surface area contributed by atoms with E-state index in [1.54, 1.807) is 29.5 Å². The Kier molecular flexibility index (Phi) is 5.53. The van der Waals surface area contributed by atoms with Gasteiger partial charge >= 0.3 is 0 Å². The molecule has 0 spiro atoms. The normalized spacial score (nSPS) is 11.3. The van der Waals surface area contributed by atoms with Crippen LogP contribution in [0.15, 0.2) is 71.2 Å². The first-order chi connectivity index (χ1) is 14.8. The molecule has 0 saturated heterocycles. The second kappa shape index (κ2) is 8.28. The van der Waals surface area contributed by atoms with Crippen LogP contribution in [0.5, 0.6) is 0 Å². The number of nitrogens with one attached hydrogen (secondary N) is 2. The van der Waals surface area contributed by atoms with Gasteiger partial charge in [-0.15, -0.1) is 11.3 Å². The van der Waals surface area contributed by atoms with E-state index in [0.717, 1.165) is 11.6 Å². The van der Waals surface area contributed by atoms with Crippen LogP contribution in [0.1, 0.15) is 10.5 Å². The largest absolute Gasteiger partial charge is 0.321 e. The van der Waals surface area contributed by atoms with E-state index in [9.17, 15) is 17.6 Å². The lowest BCUT2D eigenvalue weighted by molar-refractivity contribution is 0.102. The van der Waals surface area contributed by atoms with Crippen LogP contribution in [-0.2, 0) is 17.1 Å². The maximum Gasteiger partial charge on any atom is 0.275 e. The van der Waals surface area contributed by atoms with E-state index < -0.39 is 21.7 Å². The second-order valence-corrected chi connectivity index (χ2v) is 9.08. The Morgan fingerprint density at radius 1 is 1.13 bits per heavy atom. The Morgan fingerprint density at radius 3 is 2.58 bits per heavy atom. The number of hydrogen-bond donors (Lipinski definition) is 2. The first-order valence-electron chi connectivity index (χ1n) is 8.94. The molecular formula is C20H16FN5O3S2. The van der Waals surface area contributed by atoms with Gasteiger partial charge in [0.05, 0.1) is 16.8 Å². The number of hydrogen-bond acceptors (Lipinski definition) is 6. The molecule has 0 atom stereocenters. The predicted molar refractivity (Wildman–Crippen MR) is 116 cm³/mol. The van der Waals surface area contributed by atoms with E-state index >= 15 is 0 Å². The highest BCUT2D eigenvalue weighted by Gasteiger charge is 2.16. The summed E-state index contributed by atoms with van der Waals surface area (Å²) in [5.41, 5.74) is 1.58. The number of aromatic nitrogens is 3. The lowest BCUT2D eigenvalue weighted by atomic mass is 10.3. The maximum absolute atomic E-state index is 13.3. The van der Waals surface area contributed by atoms with Crippen molar-refractivity contribution in [3.05, 3.63) is 77.8 Å². The third-order valence-corrected chi connectivity index (χ3v) is 6.48. The molecule has 0 fully saturated rings. The molecule has 2 aromatic heterocycles. The quantitative estimate of drug-likeness (QED) is 0.459. The van der Waals surface area contributed by atoms with Gasteiger partial charge in [-0.2, -0.15) is 5.10 Å². The molecule has 0 radical (unpaired) electrons. The zero-order chi connectivity index (χ0) is 22.0. The van der Waals surface area contributed by atoms with Crippen LogP contribution in [0.2, 0.25) is 0 Å². The van der Waals surface area contributed by atoms with Gasteiger partial charge < -0.3 is 5.32 Å². The molecule has 2 heterocycles. The summed E-state index contributed by atoms with van der Waals surface area (Å²) in [4.78, 5) is 16.8. The van der Waals surface area contributed by atoms with Crippen molar-refractivity contribution in [2.24, 2.45) is 7.05 Å². The van der Waals surface area contributed by atoms with Gasteiger partial charge in [0, 0.05) is 29.9 Å². The molecule has 8 nitrogen and oxygen atoms in total. The fraction of sp³-hybridized carbons (Fsp3) is 0.0500. The second-order valence-electron chi connectivity index (χ2n) is 6.53. The molecule has 4 aromatic rings. The highest BCUT2D eigenvalue weighted by molar-refractivity contribution is 7.92. The van der Waals surface area contributed by atoms with Crippen LogP contribution in [0.4, 0.5) is 15.8 Å².